The van der Waals surface area contributed by atoms with Gasteiger partial charge in [-0.3, -0.25) is 4.79 Å². The Hall–Kier alpha value is -1.52. The number of amides is 1. The zero-order valence-corrected chi connectivity index (χ0v) is 13.4. The Kier molecular flexibility index (Phi) is 3.91. The number of benzene rings is 2. The van der Waals surface area contributed by atoms with Crippen LogP contribution in [-0.4, -0.2) is 15.8 Å². The lowest BCUT2D eigenvalue weighted by atomic mass is 10.1. The minimum absolute atomic E-state index is 0.0298. The lowest BCUT2D eigenvalue weighted by Gasteiger charge is -2.18. The third kappa shape index (κ3) is 2.78. The van der Waals surface area contributed by atoms with Gasteiger partial charge in [0.1, 0.15) is 5.75 Å². The van der Waals surface area contributed by atoms with Crippen LogP contribution < -0.4 is 5.32 Å². The van der Waals surface area contributed by atoms with Crippen molar-refractivity contribution >= 4 is 33.4 Å². The van der Waals surface area contributed by atoms with Gasteiger partial charge in [0.2, 0.25) is 0 Å². The maximum absolute atomic E-state index is 12.3. The summed E-state index contributed by atoms with van der Waals surface area (Å²) in [4.78, 5) is 12.5. The van der Waals surface area contributed by atoms with Crippen molar-refractivity contribution in [1.29, 1.82) is 0 Å². The third-order valence-corrected chi connectivity index (χ3v) is 4.82. The van der Waals surface area contributed by atoms with Gasteiger partial charge in [0, 0.05) is 10.4 Å². The molecule has 1 aliphatic carbocycles. The van der Waals surface area contributed by atoms with E-state index in [0.717, 1.165) is 12.0 Å². The maximum Gasteiger partial charge on any atom is 0.251 e. The highest BCUT2D eigenvalue weighted by atomic mass is 79.9. The summed E-state index contributed by atoms with van der Waals surface area (Å²) in [5, 5.41) is 12.6. The van der Waals surface area contributed by atoms with E-state index in [0.29, 0.717) is 5.56 Å². The topological polar surface area (TPSA) is 49.3 Å². The van der Waals surface area contributed by atoms with E-state index < -0.39 is 0 Å². The SMILES string of the molecule is O=C(NC1c2ccccc2CC1Br)c1ccc(O)c(Cl)c1. The number of aromatic hydroxyl groups is 1. The summed E-state index contributed by atoms with van der Waals surface area (Å²) in [5.41, 5.74) is 2.81. The Morgan fingerprint density at radius 1 is 1.29 bits per heavy atom. The second-order valence-corrected chi connectivity index (χ2v) is 6.62. The molecular weight excluding hydrogens is 354 g/mol. The van der Waals surface area contributed by atoms with Crippen molar-refractivity contribution in [2.24, 2.45) is 0 Å². The monoisotopic (exact) mass is 365 g/mol. The molecule has 0 saturated carbocycles. The molecule has 0 bridgehead atoms. The molecular formula is C16H13BrClNO2. The molecule has 0 spiro atoms. The number of fused-ring (bicyclic) bond motifs is 1. The molecule has 0 fully saturated rings. The summed E-state index contributed by atoms with van der Waals surface area (Å²) in [6.45, 7) is 0. The van der Waals surface area contributed by atoms with Crippen molar-refractivity contribution in [1.82, 2.24) is 5.32 Å². The lowest BCUT2D eigenvalue weighted by molar-refractivity contribution is 0.0938. The van der Waals surface area contributed by atoms with E-state index in [-0.39, 0.29) is 27.5 Å². The third-order valence-electron chi connectivity index (χ3n) is 3.66. The van der Waals surface area contributed by atoms with Gasteiger partial charge < -0.3 is 10.4 Å². The number of carbonyl (C=O) groups is 1. The largest absolute Gasteiger partial charge is 0.506 e. The van der Waals surface area contributed by atoms with Crippen LogP contribution in [0.25, 0.3) is 0 Å². The van der Waals surface area contributed by atoms with Gasteiger partial charge in [-0.05, 0) is 35.7 Å². The number of alkyl halides is 1. The Morgan fingerprint density at radius 3 is 2.81 bits per heavy atom. The van der Waals surface area contributed by atoms with Gasteiger partial charge in [-0.15, -0.1) is 0 Å². The molecule has 3 rings (SSSR count). The zero-order valence-electron chi connectivity index (χ0n) is 11.0. The Labute approximate surface area is 136 Å². The van der Waals surface area contributed by atoms with Gasteiger partial charge >= 0.3 is 0 Å². The van der Waals surface area contributed by atoms with Gasteiger partial charge in [-0.2, -0.15) is 0 Å². The van der Waals surface area contributed by atoms with Gasteiger partial charge in [0.15, 0.2) is 0 Å². The maximum atomic E-state index is 12.3. The van der Waals surface area contributed by atoms with Crippen LogP contribution in [-0.2, 0) is 6.42 Å². The summed E-state index contributed by atoms with van der Waals surface area (Å²) >= 11 is 9.48. The fraction of sp³-hybridized carbons (Fsp3) is 0.188. The van der Waals surface area contributed by atoms with Gasteiger partial charge in [0.25, 0.3) is 5.91 Å². The number of phenols is 1. The summed E-state index contributed by atoms with van der Waals surface area (Å²) in [6, 6.07) is 12.5. The number of halogens is 2. The first kappa shape index (κ1) is 14.4. The van der Waals surface area contributed by atoms with Crippen molar-refractivity contribution in [3.8, 4) is 5.75 Å². The molecule has 2 unspecified atom stereocenters. The minimum Gasteiger partial charge on any atom is -0.506 e. The molecule has 5 heteroatoms. The van der Waals surface area contributed by atoms with Crippen molar-refractivity contribution in [2.45, 2.75) is 17.3 Å². The Balaban J connectivity index is 1.83. The molecule has 108 valence electrons. The average molecular weight is 367 g/mol. The van der Waals surface area contributed by atoms with E-state index in [1.165, 1.54) is 17.7 Å². The van der Waals surface area contributed by atoms with Crippen molar-refractivity contribution in [3.63, 3.8) is 0 Å². The molecule has 2 atom stereocenters. The first-order valence-corrected chi connectivity index (χ1v) is 7.87. The number of nitrogens with one attached hydrogen (secondary N) is 1. The van der Waals surface area contributed by atoms with Crippen molar-refractivity contribution < 1.29 is 9.90 Å². The summed E-state index contributed by atoms with van der Waals surface area (Å²) in [7, 11) is 0. The highest BCUT2D eigenvalue weighted by Gasteiger charge is 2.31. The molecule has 0 heterocycles. The highest BCUT2D eigenvalue weighted by Crippen LogP contribution is 2.36. The average Bonchev–Trinajstić information content (AvgIpc) is 2.78. The second-order valence-electron chi connectivity index (χ2n) is 5.04. The van der Waals surface area contributed by atoms with Crippen LogP contribution >= 0.6 is 27.5 Å². The van der Waals surface area contributed by atoms with Gasteiger partial charge in [-0.25, -0.2) is 0 Å². The van der Waals surface area contributed by atoms with E-state index in [1.807, 2.05) is 18.2 Å². The number of hydrogen-bond donors (Lipinski definition) is 2. The number of phenolic OH excluding ortho intramolecular Hbond substituents is 1. The van der Waals surface area contributed by atoms with E-state index >= 15 is 0 Å². The lowest BCUT2D eigenvalue weighted by Crippen LogP contribution is -2.31. The summed E-state index contributed by atoms with van der Waals surface area (Å²) < 4.78 is 0. The Morgan fingerprint density at radius 2 is 2.05 bits per heavy atom. The molecule has 2 aromatic carbocycles. The molecule has 1 amide bonds. The molecule has 0 aliphatic heterocycles. The summed E-state index contributed by atoms with van der Waals surface area (Å²) in [5.74, 6) is -0.235. The van der Waals surface area contributed by atoms with Crippen molar-refractivity contribution in [3.05, 3.63) is 64.2 Å². The summed E-state index contributed by atoms with van der Waals surface area (Å²) in [6.07, 6.45) is 0.886. The van der Waals surface area contributed by atoms with E-state index in [9.17, 15) is 9.90 Å². The molecule has 21 heavy (non-hydrogen) atoms. The predicted molar refractivity (Wildman–Crippen MR) is 86.2 cm³/mol. The molecule has 2 N–H and O–H groups in total. The second kappa shape index (κ2) is 5.70. The number of rotatable bonds is 2. The smallest absolute Gasteiger partial charge is 0.251 e. The fourth-order valence-electron chi connectivity index (χ4n) is 2.59. The Bertz CT molecular complexity index is 704. The minimum atomic E-state index is -0.206. The molecule has 3 nitrogen and oxygen atoms in total. The standard InChI is InChI=1S/C16H13BrClNO2/c17-12-7-9-3-1-2-4-11(9)15(12)19-16(21)10-5-6-14(20)13(18)8-10/h1-6,8,12,15,20H,7H2,(H,19,21). The van der Waals surface area contributed by atoms with E-state index in [4.69, 9.17) is 11.6 Å². The number of carbonyl (C=O) groups excluding carboxylic acids is 1. The van der Waals surface area contributed by atoms with Crippen LogP contribution in [0.3, 0.4) is 0 Å². The van der Waals surface area contributed by atoms with Crippen LogP contribution in [0, 0.1) is 0 Å². The quantitative estimate of drug-likeness (QED) is 0.794. The van der Waals surface area contributed by atoms with Crippen LogP contribution in [0.1, 0.15) is 27.5 Å². The van der Waals surface area contributed by atoms with Crippen LogP contribution in [0.2, 0.25) is 5.02 Å². The zero-order chi connectivity index (χ0) is 15.0. The molecule has 1 aliphatic rings. The first-order chi connectivity index (χ1) is 10.1. The molecule has 0 radical (unpaired) electrons. The highest BCUT2D eigenvalue weighted by molar-refractivity contribution is 9.09. The normalized spacial score (nSPS) is 20.1. The van der Waals surface area contributed by atoms with Gasteiger partial charge in [0.05, 0.1) is 11.1 Å². The number of hydrogen-bond acceptors (Lipinski definition) is 2. The van der Waals surface area contributed by atoms with Crippen LogP contribution in [0.5, 0.6) is 5.75 Å². The van der Waals surface area contributed by atoms with Crippen molar-refractivity contribution in [2.75, 3.05) is 0 Å². The van der Waals surface area contributed by atoms with E-state index in [1.54, 1.807) is 6.07 Å². The molecule has 0 aromatic heterocycles. The van der Waals surface area contributed by atoms with Crippen LogP contribution in [0.15, 0.2) is 42.5 Å². The van der Waals surface area contributed by atoms with Gasteiger partial charge in [-0.1, -0.05) is 51.8 Å². The van der Waals surface area contributed by atoms with E-state index in [2.05, 4.69) is 27.3 Å². The molecule has 2 aromatic rings. The fourth-order valence-corrected chi connectivity index (χ4v) is 3.53. The predicted octanol–water partition coefficient (Wildman–Crippen LogP) is 3.84. The molecule has 0 saturated heterocycles. The van der Waals surface area contributed by atoms with Crippen LogP contribution in [0.4, 0.5) is 0 Å². The first-order valence-electron chi connectivity index (χ1n) is 6.57.